The van der Waals surface area contributed by atoms with Crippen molar-refractivity contribution in [1.82, 2.24) is 16.0 Å². The lowest BCUT2D eigenvalue weighted by molar-refractivity contribution is -0.153. The molecule has 0 bridgehead atoms. The summed E-state index contributed by atoms with van der Waals surface area (Å²) >= 11 is 0. The van der Waals surface area contributed by atoms with Gasteiger partial charge in [-0.2, -0.15) is 13.2 Å². The quantitative estimate of drug-likeness (QED) is 0.416. The topological polar surface area (TPSA) is 74.8 Å². The second-order valence-electron chi connectivity index (χ2n) is 6.30. The van der Waals surface area contributed by atoms with Crippen molar-refractivity contribution in [3.8, 4) is 5.75 Å². The normalized spacial score (nSPS) is 13.0. The fourth-order valence-corrected chi connectivity index (χ4v) is 2.11. The number of halogens is 3. The number of alkyl halides is 3. The van der Waals surface area contributed by atoms with Crippen LogP contribution < -0.4 is 20.7 Å². The monoisotopic (exact) mass is 402 g/mol. The van der Waals surface area contributed by atoms with Crippen LogP contribution in [0.2, 0.25) is 0 Å². The predicted octanol–water partition coefficient (Wildman–Crippen LogP) is 2.99. The van der Waals surface area contributed by atoms with E-state index in [1.54, 1.807) is 12.1 Å². The number of hydrogen-bond acceptors (Lipinski definition) is 3. The molecular formula is C19H29F3N4O2. The summed E-state index contributed by atoms with van der Waals surface area (Å²) in [6.07, 6.45) is -3.15. The van der Waals surface area contributed by atoms with E-state index in [4.69, 9.17) is 0 Å². The molecule has 9 heteroatoms. The van der Waals surface area contributed by atoms with Gasteiger partial charge in [0, 0.05) is 25.6 Å². The van der Waals surface area contributed by atoms with Gasteiger partial charge in [0.25, 0.3) is 0 Å². The molecule has 28 heavy (non-hydrogen) atoms. The van der Waals surface area contributed by atoms with Crippen LogP contribution in [0.15, 0.2) is 29.3 Å². The SMILES string of the molecule is CCNC(=NCc1ccc(OCC(F)(F)F)cc1)NCCC(=O)NC(C)CC. The third kappa shape index (κ3) is 10.6. The van der Waals surface area contributed by atoms with Crippen LogP contribution in [0.25, 0.3) is 0 Å². The molecule has 158 valence electrons. The summed E-state index contributed by atoms with van der Waals surface area (Å²) in [7, 11) is 0. The summed E-state index contributed by atoms with van der Waals surface area (Å²) in [5.41, 5.74) is 0.825. The van der Waals surface area contributed by atoms with Crippen LogP contribution >= 0.6 is 0 Å². The van der Waals surface area contributed by atoms with E-state index >= 15 is 0 Å². The van der Waals surface area contributed by atoms with Gasteiger partial charge in [-0.25, -0.2) is 4.99 Å². The number of nitrogens with zero attached hydrogens (tertiary/aromatic N) is 1. The smallest absolute Gasteiger partial charge is 0.422 e. The number of amides is 1. The lowest BCUT2D eigenvalue weighted by atomic mass is 10.2. The molecule has 1 amide bonds. The van der Waals surface area contributed by atoms with Crippen LogP contribution in [-0.4, -0.2) is 43.8 Å². The van der Waals surface area contributed by atoms with E-state index in [0.717, 1.165) is 12.0 Å². The lowest BCUT2D eigenvalue weighted by Crippen LogP contribution is -2.40. The van der Waals surface area contributed by atoms with Gasteiger partial charge < -0.3 is 20.7 Å². The molecule has 0 aromatic heterocycles. The number of aliphatic imine (C=N–C) groups is 1. The highest BCUT2D eigenvalue weighted by molar-refractivity contribution is 5.81. The third-order valence-electron chi connectivity index (χ3n) is 3.75. The molecule has 0 spiro atoms. The van der Waals surface area contributed by atoms with Gasteiger partial charge in [0.05, 0.1) is 6.54 Å². The molecule has 0 saturated heterocycles. The maximum atomic E-state index is 12.2. The van der Waals surface area contributed by atoms with Crippen molar-refractivity contribution < 1.29 is 22.7 Å². The average Bonchev–Trinajstić information content (AvgIpc) is 2.64. The van der Waals surface area contributed by atoms with Gasteiger partial charge in [-0.3, -0.25) is 4.79 Å². The number of guanidine groups is 1. The molecule has 0 heterocycles. The summed E-state index contributed by atoms with van der Waals surface area (Å²) in [6, 6.07) is 6.45. The van der Waals surface area contributed by atoms with Crippen molar-refractivity contribution in [3.05, 3.63) is 29.8 Å². The van der Waals surface area contributed by atoms with Crippen molar-refractivity contribution >= 4 is 11.9 Å². The Morgan fingerprint density at radius 2 is 1.86 bits per heavy atom. The van der Waals surface area contributed by atoms with Crippen LogP contribution in [0.3, 0.4) is 0 Å². The first-order chi connectivity index (χ1) is 13.2. The molecule has 1 rings (SSSR count). The Morgan fingerprint density at radius 3 is 2.43 bits per heavy atom. The Morgan fingerprint density at radius 1 is 1.18 bits per heavy atom. The van der Waals surface area contributed by atoms with Crippen molar-refractivity contribution in [2.75, 3.05) is 19.7 Å². The molecule has 0 fully saturated rings. The molecule has 0 aliphatic heterocycles. The van der Waals surface area contributed by atoms with Gasteiger partial charge in [0.2, 0.25) is 5.91 Å². The maximum absolute atomic E-state index is 12.2. The van der Waals surface area contributed by atoms with Gasteiger partial charge in [0.1, 0.15) is 5.75 Å². The number of carbonyl (C=O) groups excluding carboxylic acids is 1. The van der Waals surface area contributed by atoms with E-state index in [1.807, 2.05) is 20.8 Å². The molecule has 1 atom stereocenters. The van der Waals surface area contributed by atoms with E-state index in [-0.39, 0.29) is 17.7 Å². The highest BCUT2D eigenvalue weighted by Crippen LogP contribution is 2.19. The minimum atomic E-state index is -4.36. The molecule has 0 saturated carbocycles. The standard InChI is InChI=1S/C19H29F3N4O2/c1-4-14(3)26-17(27)10-11-24-18(23-5-2)25-12-15-6-8-16(9-7-15)28-13-19(20,21)22/h6-9,14H,4-5,10-13H2,1-3H3,(H,26,27)(H2,23,24,25). The highest BCUT2D eigenvalue weighted by atomic mass is 19.4. The van der Waals surface area contributed by atoms with Gasteiger partial charge >= 0.3 is 6.18 Å². The molecule has 0 aliphatic rings. The highest BCUT2D eigenvalue weighted by Gasteiger charge is 2.28. The number of ether oxygens (including phenoxy) is 1. The number of benzene rings is 1. The van der Waals surface area contributed by atoms with Crippen LogP contribution in [-0.2, 0) is 11.3 Å². The van der Waals surface area contributed by atoms with Crippen LogP contribution in [0.4, 0.5) is 13.2 Å². The van der Waals surface area contributed by atoms with Crippen molar-refractivity contribution in [3.63, 3.8) is 0 Å². The van der Waals surface area contributed by atoms with E-state index in [0.29, 0.717) is 32.0 Å². The van der Waals surface area contributed by atoms with Crippen LogP contribution in [0.5, 0.6) is 5.75 Å². The van der Waals surface area contributed by atoms with E-state index < -0.39 is 12.8 Å². The van der Waals surface area contributed by atoms with E-state index in [1.165, 1.54) is 12.1 Å². The molecule has 3 N–H and O–H groups in total. The number of rotatable bonds is 10. The summed E-state index contributed by atoms with van der Waals surface area (Å²) in [5, 5.41) is 9.07. The first kappa shape index (κ1) is 23.6. The summed E-state index contributed by atoms with van der Waals surface area (Å²) in [6.45, 7) is 6.02. The number of hydrogen-bond donors (Lipinski definition) is 3. The second-order valence-corrected chi connectivity index (χ2v) is 6.30. The van der Waals surface area contributed by atoms with Gasteiger partial charge in [-0.05, 0) is 38.0 Å². The zero-order valence-corrected chi connectivity index (χ0v) is 16.5. The van der Waals surface area contributed by atoms with Crippen LogP contribution in [0.1, 0.15) is 39.2 Å². The molecule has 1 aromatic carbocycles. The van der Waals surface area contributed by atoms with Crippen molar-refractivity contribution in [1.29, 1.82) is 0 Å². The van der Waals surface area contributed by atoms with E-state index in [2.05, 4.69) is 25.7 Å². The van der Waals surface area contributed by atoms with Gasteiger partial charge in [-0.1, -0.05) is 19.1 Å². The van der Waals surface area contributed by atoms with Crippen molar-refractivity contribution in [2.24, 2.45) is 4.99 Å². The fraction of sp³-hybridized carbons (Fsp3) is 0.579. The Balaban J connectivity index is 2.49. The van der Waals surface area contributed by atoms with Gasteiger partial charge in [0.15, 0.2) is 12.6 Å². The molecular weight excluding hydrogens is 373 g/mol. The lowest BCUT2D eigenvalue weighted by Gasteiger charge is -2.13. The molecule has 1 aromatic rings. The minimum absolute atomic E-state index is 0.0212. The Kier molecular flexibility index (Phi) is 10.2. The Labute approximate surface area is 163 Å². The average molecular weight is 402 g/mol. The summed E-state index contributed by atoms with van der Waals surface area (Å²) < 4.78 is 41.1. The number of nitrogens with one attached hydrogen (secondary N) is 3. The molecule has 1 unspecified atom stereocenters. The predicted molar refractivity (Wildman–Crippen MR) is 103 cm³/mol. The van der Waals surface area contributed by atoms with Crippen LogP contribution in [0, 0.1) is 0 Å². The van der Waals surface area contributed by atoms with Gasteiger partial charge in [-0.15, -0.1) is 0 Å². The largest absolute Gasteiger partial charge is 0.484 e. The second kappa shape index (κ2) is 12.1. The third-order valence-corrected chi connectivity index (χ3v) is 3.75. The van der Waals surface area contributed by atoms with Crippen molar-refractivity contribution in [2.45, 2.75) is 52.4 Å². The fourth-order valence-electron chi connectivity index (χ4n) is 2.11. The molecule has 0 aliphatic carbocycles. The Hall–Kier alpha value is -2.45. The first-order valence-corrected chi connectivity index (χ1v) is 9.33. The Bertz CT molecular complexity index is 619. The first-order valence-electron chi connectivity index (χ1n) is 9.33. The zero-order chi connectivity index (χ0) is 21.0. The summed E-state index contributed by atoms with van der Waals surface area (Å²) in [5.74, 6) is 0.700. The zero-order valence-electron chi connectivity index (χ0n) is 16.5. The van der Waals surface area contributed by atoms with E-state index in [9.17, 15) is 18.0 Å². The molecule has 0 radical (unpaired) electrons. The summed E-state index contributed by atoms with van der Waals surface area (Å²) in [4.78, 5) is 16.2. The number of carbonyl (C=O) groups is 1. The molecule has 6 nitrogen and oxygen atoms in total. The maximum Gasteiger partial charge on any atom is 0.422 e. The minimum Gasteiger partial charge on any atom is -0.484 e.